The zero-order chi connectivity index (χ0) is 14.9. The van der Waals surface area contributed by atoms with E-state index in [-0.39, 0.29) is 12.0 Å². The van der Waals surface area contributed by atoms with Crippen molar-refractivity contribution in [1.82, 2.24) is 4.57 Å². The van der Waals surface area contributed by atoms with Crippen molar-refractivity contribution in [2.24, 2.45) is 0 Å². The van der Waals surface area contributed by atoms with Gasteiger partial charge >= 0.3 is 5.97 Å². The zero-order valence-corrected chi connectivity index (χ0v) is 14.9. The largest absolute Gasteiger partial charge is 0.462 e. The summed E-state index contributed by atoms with van der Waals surface area (Å²) in [5, 5.41) is 1.56. The van der Waals surface area contributed by atoms with Gasteiger partial charge in [-0.3, -0.25) is 0 Å². The molecule has 0 spiro atoms. The molecule has 1 aromatic heterocycles. The first kappa shape index (κ1) is 15.6. The average molecular weight is 403 g/mol. The maximum Gasteiger partial charge on any atom is 0.340 e. The first-order valence-corrected chi connectivity index (χ1v) is 8.48. The minimum atomic E-state index is -0.256. The Bertz CT molecular complexity index is 647. The second-order valence-corrected chi connectivity index (χ2v) is 6.28. The van der Waals surface area contributed by atoms with E-state index in [4.69, 9.17) is 4.74 Å². The topological polar surface area (TPSA) is 31.2 Å². The Morgan fingerprint density at radius 2 is 2.10 bits per heavy atom. The molecule has 108 valence electrons. The highest BCUT2D eigenvalue weighted by molar-refractivity contribution is 9.10. The van der Waals surface area contributed by atoms with Gasteiger partial charge in [-0.25, -0.2) is 4.79 Å². The number of hydrogen-bond acceptors (Lipinski definition) is 2. The van der Waals surface area contributed by atoms with Crippen LogP contribution in [0.4, 0.5) is 0 Å². The Balaban J connectivity index is 2.81. The highest BCUT2D eigenvalue weighted by atomic mass is 79.9. The molecule has 0 aliphatic carbocycles. The molecule has 0 aliphatic heterocycles. The number of ether oxygens (including phenoxy) is 1. The first-order valence-electron chi connectivity index (χ1n) is 6.56. The second-order valence-electron chi connectivity index (χ2n) is 4.80. The molecule has 0 bridgehead atoms. The minimum absolute atomic E-state index is 0.256. The van der Waals surface area contributed by atoms with E-state index in [1.807, 2.05) is 25.1 Å². The third-order valence-electron chi connectivity index (χ3n) is 3.19. The summed E-state index contributed by atoms with van der Waals surface area (Å²) in [5.74, 6) is -0.256. The van der Waals surface area contributed by atoms with Crippen LogP contribution in [0.3, 0.4) is 0 Å². The number of rotatable bonds is 4. The summed E-state index contributed by atoms with van der Waals surface area (Å²) >= 11 is 7.00. The zero-order valence-electron chi connectivity index (χ0n) is 11.7. The summed E-state index contributed by atoms with van der Waals surface area (Å²) < 4.78 is 8.40. The van der Waals surface area contributed by atoms with E-state index in [0.717, 1.165) is 21.1 Å². The summed E-state index contributed by atoms with van der Waals surface area (Å²) in [4.78, 5) is 12.3. The monoisotopic (exact) mass is 401 g/mol. The molecule has 3 nitrogen and oxygen atoms in total. The number of carbonyl (C=O) groups excluding carboxylic acids is 1. The standard InChI is InChI=1S/C15H17Br2NO2/c1-4-20-15(19)14-11-6-5-10(17)7-12(11)18(9(2)3)13(14)8-16/h5-7,9H,4,8H2,1-3H3. The lowest BCUT2D eigenvalue weighted by Crippen LogP contribution is -2.10. The molecule has 2 aromatic rings. The molecule has 0 N–H and O–H groups in total. The summed E-state index contributed by atoms with van der Waals surface area (Å²) in [6, 6.07) is 6.23. The van der Waals surface area contributed by atoms with Crippen LogP contribution < -0.4 is 0 Å². The summed E-state index contributed by atoms with van der Waals surface area (Å²) in [7, 11) is 0. The molecule has 0 atom stereocenters. The summed E-state index contributed by atoms with van der Waals surface area (Å²) in [5.41, 5.74) is 2.68. The smallest absolute Gasteiger partial charge is 0.340 e. The number of nitrogens with zero attached hydrogens (tertiary/aromatic N) is 1. The molecule has 0 amide bonds. The van der Waals surface area contributed by atoms with Crippen molar-refractivity contribution in [2.75, 3.05) is 6.61 Å². The van der Waals surface area contributed by atoms with Gasteiger partial charge in [0.2, 0.25) is 0 Å². The third-order valence-corrected chi connectivity index (χ3v) is 4.21. The van der Waals surface area contributed by atoms with Gasteiger partial charge in [-0.05, 0) is 32.9 Å². The number of halogens is 2. The number of alkyl halides is 1. The molecule has 0 fully saturated rings. The lowest BCUT2D eigenvalue weighted by atomic mass is 10.1. The summed E-state index contributed by atoms with van der Waals surface area (Å²) in [6.45, 7) is 6.43. The lowest BCUT2D eigenvalue weighted by Gasteiger charge is -2.14. The maximum absolute atomic E-state index is 12.3. The van der Waals surface area contributed by atoms with Gasteiger partial charge in [0.15, 0.2) is 0 Å². The van der Waals surface area contributed by atoms with E-state index in [1.165, 1.54) is 0 Å². The average Bonchev–Trinajstić information content (AvgIpc) is 2.72. The Morgan fingerprint density at radius 1 is 1.40 bits per heavy atom. The Kier molecular flexibility index (Phi) is 4.91. The molecule has 0 unspecified atom stereocenters. The van der Waals surface area contributed by atoms with Crippen LogP contribution in [0.5, 0.6) is 0 Å². The van der Waals surface area contributed by atoms with Gasteiger partial charge in [0.25, 0.3) is 0 Å². The van der Waals surface area contributed by atoms with Gasteiger partial charge in [0.1, 0.15) is 0 Å². The number of carbonyl (C=O) groups is 1. The highest BCUT2D eigenvalue weighted by Crippen LogP contribution is 2.33. The van der Waals surface area contributed by atoms with Gasteiger partial charge in [0.05, 0.1) is 17.7 Å². The predicted molar refractivity (Wildman–Crippen MR) is 88.6 cm³/mol. The van der Waals surface area contributed by atoms with Crippen LogP contribution in [-0.4, -0.2) is 17.1 Å². The fourth-order valence-corrected chi connectivity index (χ4v) is 3.39. The van der Waals surface area contributed by atoms with E-state index in [9.17, 15) is 4.79 Å². The Hall–Kier alpha value is -0.810. The third kappa shape index (κ3) is 2.66. The molecule has 1 aromatic carbocycles. The maximum atomic E-state index is 12.3. The van der Waals surface area contributed by atoms with Crippen molar-refractivity contribution in [3.8, 4) is 0 Å². The van der Waals surface area contributed by atoms with E-state index in [1.54, 1.807) is 0 Å². The van der Waals surface area contributed by atoms with Crippen molar-refractivity contribution in [3.05, 3.63) is 33.9 Å². The van der Waals surface area contributed by atoms with Crippen LogP contribution in [0.1, 0.15) is 42.9 Å². The van der Waals surface area contributed by atoms with Gasteiger partial charge in [-0.2, -0.15) is 0 Å². The van der Waals surface area contributed by atoms with Crippen LogP contribution in [-0.2, 0) is 10.1 Å². The Morgan fingerprint density at radius 3 is 2.65 bits per heavy atom. The molecule has 1 heterocycles. The predicted octanol–water partition coefficient (Wildman–Crippen LogP) is 5.06. The number of fused-ring (bicyclic) bond motifs is 1. The molecular weight excluding hydrogens is 386 g/mol. The second kappa shape index (κ2) is 6.31. The normalized spacial score (nSPS) is 11.3. The van der Waals surface area contributed by atoms with E-state index in [0.29, 0.717) is 17.5 Å². The number of benzene rings is 1. The molecule has 0 radical (unpaired) electrons. The number of esters is 1. The number of aromatic nitrogens is 1. The van der Waals surface area contributed by atoms with Crippen LogP contribution in [0.15, 0.2) is 22.7 Å². The van der Waals surface area contributed by atoms with Crippen molar-refractivity contribution >= 4 is 48.7 Å². The van der Waals surface area contributed by atoms with Gasteiger partial charge in [0, 0.05) is 26.9 Å². The molecule has 5 heteroatoms. The molecule has 0 saturated carbocycles. The van der Waals surface area contributed by atoms with Gasteiger partial charge in [-0.15, -0.1) is 0 Å². The van der Waals surface area contributed by atoms with Gasteiger partial charge < -0.3 is 9.30 Å². The molecule has 0 saturated heterocycles. The van der Waals surface area contributed by atoms with Gasteiger partial charge in [-0.1, -0.05) is 37.9 Å². The van der Waals surface area contributed by atoms with Crippen LogP contribution in [0.25, 0.3) is 10.9 Å². The SMILES string of the molecule is CCOC(=O)c1c(CBr)n(C(C)C)c2cc(Br)ccc12. The highest BCUT2D eigenvalue weighted by Gasteiger charge is 2.24. The minimum Gasteiger partial charge on any atom is -0.462 e. The molecular formula is C15H17Br2NO2. The van der Waals surface area contributed by atoms with E-state index >= 15 is 0 Å². The lowest BCUT2D eigenvalue weighted by molar-refractivity contribution is 0.0527. The van der Waals surface area contributed by atoms with Crippen LogP contribution >= 0.6 is 31.9 Å². The van der Waals surface area contributed by atoms with Crippen LogP contribution in [0.2, 0.25) is 0 Å². The van der Waals surface area contributed by atoms with Crippen molar-refractivity contribution in [2.45, 2.75) is 32.1 Å². The van der Waals surface area contributed by atoms with Crippen molar-refractivity contribution in [1.29, 1.82) is 0 Å². The summed E-state index contributed by atoms with van der Waals surface area (Å²) in [6.07, 6.45) is 0. The first-order chi connectivity index (χ1) is 9.51. The van der Waals surface area contributed by atoms with E-state index < -0.39 is 0 Å². The fourth-order valence-electron chi connectivity index (χ4n) is 2.49. The Labute approximate surface area is 135 Å². The quantitative estimate of drug-likeness (QED) is 0.528. The fraction of sp³-hybridized carbons (Fsp3) is 0.400. The number of hydrogen-bond donors (Lipinski definition) is 0. The molecule has 20 heavy (non-hydrogen) atoms. The van der Waals surface area contributed by atoms with E-state index in [2.05, 4.69) is 50.3 Å². The van der Waals surface area contributed by atoms with Crippen molar-refractivity contribution in [3.63, 3.8) is 0 Å². The van der Waals surface area contributed by atoms with Crippen LogP contribution in [0, 0.1) is 0 Å². The van der Waals surface area contributed by atoms with Crippen molar-refractivity contribution < 1.29 is 9.53 Å². The molecule has 0 aliphatic rings. The molecule has 2 rings (SSSR count).